The molecule has 2 rings (SSSR count). The fourth-order valence-corrected chi connectivity index (χ4v) is 4.38. The number of halogens is 2. The van der Waals surface area contributed by atoms with E-state index in [0.29, 0.717) is 22.6 Å². The number of hydrogen-bond donors (Lipinski definition) is 0. The fourth-order valence-electron chi connectivity index (χ4n) is 2.11. The molecule has 2 atom stereocenters. The van der Waals surface area contributed by atoms with Crippen LogP contribution in [-0.2, 0) is 14.8 Å². The van der Waals surface area contributed by atoms with Crippen molar-refractivity contribution in [3.63, 3.8) is 0 Å². The first kappa shape index (κ1) is 15.3. The number of benzene rings is 1. The molecule has 0 radical (unpaired) electrons. The maximum absolute atomic E-state index is 12.5. The SMILES string of the molecule is C[C@@H]1CN(S(=O)(=O)c2ccc(Cl)c(Br)c2)C[C@H](C)O1. The molecule has 0 N–H and O–H groups in total. The normalized spacial score (nSPS) is 25.5. The molecule has 1 aromatic rings. The number of morpholine rings is 1. The van der Waals surface area contributed by atoms with Gasteiger partial charge in [0.05, 0.1) is 22.1 Å². The third kappa shape index (κ3) is 3.31. The first-order chi connectivity index (χ1) is 8.80. The highest BCUT2D eigenvalue weighted by molar-refractivity contribution is 9.10. The van der Waals surface area contributed by atoms with E-state index in [4.69, 9.17) is 16.3 Å². The molecule has 4 nitrogen and oxygen atoms in total. The number of rotatable bonds is 2. The second-order valence-corrected chi connectivity index (χ2v) is 7.85. The smallest absolute Gasteiger partial charge is 0.243 e. The fraction of sp³-hybridized carbons (Fsp3) is 0.500. The third-order valence-corrected chi connectivity index (χ3v) is 5.96. The van der Waals surface area contributed by atoms with Gasteiger partial charge in [-0.3, -0.25) is 0 Å². The zero-order valence-electron chi connectivity index (χ0n) is 10.6. The van der Waals surface area contributed by atoms with Crippen LogP contribution in [0.3, 0.4) is 0 Å². The summed E-state index contributed by atoms with van der Waals surface area (Å²) < 4.78 is 32.7. The lowest BCUT2D eigenvalue weighted by molar-refractivity contribution is -0.0440. The highest BCUT2D eigenvalue weighted by atomic mass is 79.9. The molecule has 0 bridgehead atoms. The maximum Gasteiger partial charge on any atom is 0.243 e. The molecular formula is C12H15BrClNO3S. The minimum Gasteiger partial charge on any atom is -0.373 e. The molecule has 7 heteroatoms. The van der Waals surface area contributed by atoms with Crippen LogP contribution in [0.15, 0.2) is 27.6 Å². The zero-order valence-corrected chi connectivity index (χ0v) is 13.8. The Morgan fingerprint density at radius 2 is 1.89 bits per heavy atom. The van der Waals surface area contributed by atoms with E-state index in [2.05, 4.69) is 15.9 Å². The van der Waals surface area contributed by atoms with Crippen LogP contribution in [0.4, 0.5) is 0 Å². The standard InChI is InChI=1S/C12H15BrClNO3S/c1-8-6-15(7-9(2)18-8)19(16,17)10-3-4-12(14)11(13)5-10/h3-5,8-9H,6-7H2,1-2H3/t8-,9+. The van der Waals surface area contributed by atoms with Gasteiger partial charge in [-0.1, -0.05) is 11.6 Å². The van der Waals surface area contributed by atoms with E-state index in [9.17, 15) is 8.42 Å². The Morgan fingerprint density at radius 3 is 2.42 bits per heavy atom. The number of nitrogens with zero attached hydrogens (tertiary/aromatic N) is 1. The van der Waals surface area contributed by atoms with Gasteiger partial charge < -0.3 is 4.74 Å². The van der Waals surface area contributed by atoms with Crippen molar-refractivity contribution in [1.29, 1.82) is 0 Å². The Bertz CT molecular complexity index is 568. The summed E-state index contributed by atoms with van der Waals surface area (Å²) in [5.41, 5.74) is 0. The summed E-state index contributed by atoms with van der Waals surface area (Å²) in [6.45, 7) is 4.48. The number of hydrogen-bond acceptors (Lipinski definition) is 3. The van der Waals surface area contributed by atoms with Gasteiger partial charge in [-0.2, -0.15) is 4.31 Å². The molecule has 0 aliphatic carbocycles. The van der Waals surface area contributed by atoms with E-state index in [1.165, 1.54) is 16.4 Å². The summed E-state index contributed by atoms with van der Waals surface area (Å²) in [6, 6.07) is 4.63. The van der Waals surface area contributed by atoms with Gasteiger partial charge >= 0.3 is 0 Å². The topological polar surface area (TPSA) is 46.6 Å². The highest BCUT2D eigenvalue weighted by Gasteiger charge is 2.32. The van der Waals surface area contributed by atoms with E-state index in [-0.39, 0.29) is 17.1 Å². The second-order valence-electron chi connectivity index (χ2n) is 4.66. The predicted molar refractivity (Wildman–Crippen MR) is 77.9 cm³/mol. The molecule has 0 aromatic heterocycles. The minimum absolute atomic E-state index is 0.103. The van der Waals surface area contributed by atoms with E-state index in [0.717, 1.165) is 0 Å². The van der Waals surface area contributed by atoms with Gasteiger partial charge in [0.15, 0.2) is 0 Å². The summed E-state index contributed by atoms with van der Waals surface area (Å²) in [4.78, 5) is 0.241. The molecule has 1 heterocycles. The van der Waals surface area contributed by atoms with Gasteiger partial charge in [-0.05, 0) is 48.0 Å². The van der Waals surface area contributed by atoms with Crippen LogP contribution in [0, 0.1) is 0 Å². The Hall–Kier alpha value is -0.140. The summed E-state index contributed by atoms with van der Waals surface area (Å²) in [6.07, 6.45) is -0.205. The lowest BCUT2D eigenvalue weighted by atomic mass is 10.3. The van der Waals surface area contributed by atoms with E-state index in [1.807, 2.05) is 13.8 Å². The van der Waals surface area contributed by atoms with Crippen molar-refractivity contribution in [2.45, 2.75) is 31.0 Å². The second kappa shape index (κ2) is 5.69. The molecule has 0 spiro atoms. The highest BCUT2D eigenvalue weighted by Crippen LogP contribution is 2.28. The zero-order chi connectivity index (χ0) is 14.2. The minimum atomic E-state index is -3.50. The molecule has 1 aliphatic heterocycles. The van der Waals surface area contributed by atoms with Crippen LogP contribution >= 0.6 is 27.5 Å². The Morgan fingerprint density at radius 1 is 1.32 bits per heavy atom. The predicted octanol–water partition coefficient (Wildman–Crippen LogP) is 2.90. The molecule has 1 aliphatic rings. The number of sulfonamides is 1. The van der Waals surface area contributed by atoms with Gasteiger partial charge in [0.1, 0.15) is 0 Å². The molecule has 0 unspecified atom stereocenters. The lowest BCUT2D eigenvalue weighted by Crippen LogP contribution is -2.48. The quantitative estimate of drug-likeness (QED) is 0.806. The lowest BCUT2D eigenvalue weighted by Gasteiger charge is -2.34. The molecule has 106 valence electrons. The van der Waals surface area contributed by atoms with Gasteiger partial charge in [0.2, 0.25) is 10.0 Å². The summed E-state index contributed by atoms with van der Waals surface area (Å²) in [5, 5.41) is 0.489. The van der Waals surface area contributed by atoms with Gasteiger partial charge in [0.25, 0.3) is 0 Å². The summed E-state index contributed by atoms with van der Waals surface area (Å²) in [7, 11) is -3.50. The van der Waals surface area contributed by atoms with Crippen LogP contribution in [0.2, 0.25) is 5.02 Å². The third-order valence-electron chi connectivity index (χ3n) is 2.91. The summed E-state index contributed by atoms with van der Waals surface area (Å²) in [5.74, 6) is 0. The van der Waals surface area contributed by atoms with Crippen molar-refractivity contribution in [2.24, 2.45) is 0 Å². The monoisotopic (exact) mass is 367 g/mol. The van der Waals surface area contributed by atoms with Crippen molar-refractivity contribution in [3.8, 4) is 0 Å². The molecule has 0 saturated carbocycles. The van der Waals surface area contributed by atoms with E-state index in [1.54, 1.807) is 6.07 Å². The van der Waals surface area contributed by atoms with Crippen molar-refractivity contribution in [2.75, 3.05) is 13.1 Å². The maximum atomic E-state index is 12.5. The van der Waals surface area contributed by atoms with Crippen LogP contribution in [0.1, 0.15) is 13.8 Å². The number of ether oxygens (including phenoxy) is 1. The first-order valence-electron chi connectivity index (χ1n) is 5.91. The van der Waals surface area contributed by atoms with Crippen molar-refractivity contribution in [1.82, 2.24) is 4.31 Å². The first-order valence-corrected chi connectivity index (χ1v) is 8.52. The van der Waals surface area contributed by atoms with Gasteiger partial charge in [0, 0.05) is 17.6 Å². The average Bonchev–Trinajstić information content (AvgIpc) is 2.31. The van der Waals surface area contributed by atoms with Gasteiger partial charge in [-0.25, -0.2) is 8.42 Å². The summed E-state index contributed by atoms with van der Waals surface area (Å²) >= 11 is 9.13. The van der Waals surface area contributed by atoms with Crippen LogP contribution in [-0.4, -0.2) is 38.0 Å². The van der Waals surface area contributed by atoms with Crippen molar-refractivity contribution in [3.05, 3.63) is 27.7 Å². The largest absolute Gasteiger partial charge is 0.373 e. The van der Waals surface area contributed by atoms with Gasteiger partial charge in [-0.15, -0.1) is 0 Å². The van der Waals surface area contributed by atoms with Crippen LogP contribution in [0.25, 0.3) is 0 Å². The van der Waals surface area contributed by atoms with Crippen LogP contribution in [0.5, 0.6) is 0 Å². The molecule has 19 heavy (non-hydrogen) atoms. The molecule has 1 aromatic carbocycles. The Kier molecular flexibility index (Phi) is 4.57. The van der Waals surface area contributed by atoms with Crippen LogP contribution < -0.4 is 0 Å². The molecule has 1 fully saturated rings. The average molecular weight is 369 g/mol. The van der Waals surface area contributed by atoms with E-state index >= 15 is 0 Å². The Labute approximate surface area is 126 Å². The van der Waals surface area contributed by atoms with Crippen molar-refractivity contribution >= 4 is 37.6 Å². The molecule has 0 amide bonds. The molecular weight excluding hydrogens is 354 g/mol. The van der Waals surface area contributed by atoms with E-state index < -0.39 is 10.0 Å². The Balaban J connectivity index is 2.33. The molecule has 1 saturated heterocycles. The van der Waals surface area contributed by atoms with Crippen molar-refractivity contribution < 1.29 is 13.2 Å².